The quantitative estimate of drug-likeness (QED) is 0.674. The van der Waals surface area contributed by atoms with Crippen molar-refractivity contribution < 1.29 is 12.8 Å². The minimum absolute atomic E-state index is 0.119. The number of nitrogen functional groups attached to an aromatic ring is 1. The van der Waals surface area contributed by atoms with E-state index in [0.717, 1.165) is 11.6 Å². The minimum Gasteiger partial charge on any atom is -0.399 e. The van der Waals surface area contributed by atoms with Gasteiger partial charge in [-0.25, -0.2) is 12.8 Å². The van der Waals surface area contributed by atoms with Gasteiger partial charge >= 0.3 is 0 Å². The second-order valence-electron chi connectivity index (χ2n) is 4.48. The molecule has 1 aliphatic heterocycles. The molecule has 0 fully saturated rings. The number of nitrogens with two attached hydrogens (primary N) is 1. The van der Waals surface area contributed by atoms with Crippen LogP contribution in [-0.2, 0) is 10.0 Å². The highest BCUT2D eigenvalue weighted by Gasteiger charge is 2.29. The van der Waals surface area contributed by atoms with E-state index in [-0.39, 0.29) is 17.3 Å². The van der Waals surface area contributed by atoms with Gasteiger partial charge in [0.15, 0.2) is 5.82 Å². The lowest BCUT2D eigenvalue weighted by atomic mass is 10.1. The van der Waals surface area contributed by atoms with Gasteiger partial charge in [0.05, 0.1) is 5.02 Å². The van der Waals surface area contributed by atoms with Gasteiger partial charge in [0, 0.05) is 18.8 Å². The molecule has 0 aromatic heterocycles. The number of nitrogens with zero attached hydrogens (tertiary/aromatic N) is 1. The molecule has 1 aliphatic rings. The molecular weight excluding hydrogens is 291 g/mol. The number of rotatable bonds is 2. The van der Waals surface area contributed by atoms with Gasteiger partial charge in [0.2, 0.25) is 10.0 Å². The molecule has 19 heavy (non-hydrogen) atoms. The van der Waals surface area contributed by atoms with Gasteiger partial charge < -0.3 is 5.73 Å². The Morgan fingerprint density at radius 1 is 1.42 bits per heavy atom. The third-order valence-electron chi connectivity index (χ3n) is 3.03. The van der Waals surface area contributed by atoms with Crippen molar-refractivity contribution in [3.63, 3.8) is 0 Å². The molecular formula is C12H14ClFN2O2S. The molecule has 1 aromatic carbocycles. The van der Waals surface area contributed by atoms with Crippen molar-refractivity contribution in [1.82, 2.24) is 4.31 Å². The first kappa shape index (κ1) is 14.3. The average Bonchev–Trinajstić information content (AvgIpc) is 2.34. The van der Waals surface area contributed by atoms with Crippen molar-refractivity contribution in [2.24, 2.45) is 0 Å². The molecule has 0 radical (unpaired) electrons. The molecule has 7 heteroatoms. The zero-order valence-corrected chi connectivity index (χ0v) is 11.9. The van der Waals surface area contributed by atoms with Crippen molar-refractivity contribution in [2.45, 2.75) is 18.2 Å². The third kappa shape index (κ3) is 2.75. The van der Waals surface area contributed by atoms with E-state index >= 15 is 0 Å². The van der Waals surface area contributed by atoms with Gasteiger partial charge in [-0.05, 0) is 25.5 Å². The smallest absolute Gasteiger partial charge is 0.246 e. The second kappa shape index (κ2) is 5.11. The molecule has 1 aromatic rings. The fourth-order valence-electron chi connectivity index (χ4n) is 1.88. The van der Waals surface area contributed by atoms with Crippen LogP contribution >= 0.6 is 11.6 Å². The number of hydrogen-bond donors (Lipinski definition) is 1. The summed E-state index contributed by atoms with van der Waals surface area (Å²) < 4.78 is 39.8. The predicted molar refractivity (Wildman–Crippen MR) is 73.0 cm³/mol. The highest BCUT2D eigenvalue weighted by Crippen LogP contribution is 2.29. The van der Waals surface area contributed by atoms with E-state index in [4.69, 9.17) is 17.3 Å². The van der Waals surface area contributed by atoms with Crippen LogP contribution in [0.1, 0.15) is 13.3 Å². The molecule has 4 nitrogen and oxygen atoms in total. The number of anilines is 1. The van der Waals surface area contributed by atoms with Gasteiger partial charge in [0.25, 0.3) is 0 Å². The summed E-state index contributed by atoms with van der Waals surface area (Å²) in [6, 6.07) is 2.29. The van der Waals surface area contributed by atoms with Crippen molar-refractivity contribution in [1.29, 1.82) is 0 Å². The summed E-state index contributed by atoms with van der Waals surface area (Å²) in [5, 5.41) is -0.290. The highest BCUT2D eigenvalue weighted by molar-refractivity contribution is 7.89. The molecule has 0 bridgehead atoms. The van der Waals surface area contributed by atoms with Crippen molar-refractivity contribution >= 4 is 27.3 Å². The van der Waals surface area contributed by atoms with E-state index in [1.54, 1.807) is 0 Å². The molecule has 1 heterocycles. The largest absolute Gasteiger partial charge is 0.399 e. The maximum atomic E-state index is 13.9. The maximum absolute atomic E-state index is 13.9. The standard InChI is InChI=1S/C12H14ClFN2O2S/c1-8-2-4-16(5-3-8)19(17,18)11-7-9(15)6-10(13)12(11)14/h2,6-7H,3-5,15H2,1H3. The number of hydrogen-bond acceptors (Lipinski definition) is 3. The lowest BCUT2D eigenvalue weighted by Crippen LogP contribution is -2.35. The molecule has 0 saturated carbocycles. The number of benzene rings is 1. The summed E-state index contributed by atoms with van der Waals surface area (Å²) in [5.74, 6) is -0.956. The molecule has 0 spiro atoms. The minimum atomic E-state index is -3.91. The van der Waals surface area contributed by atoms with Crippen LogP contribution in [0.4, 0.5) is 10.1 Å². The molecule has 2 N–H and O–H groups in total. The first-order chi connectivity index (χ1) is 8.82. The third-order valence-corrected chi connectivity index (χ3v) is 5.17. The summed E-state index contributed by atoms with van der Waals surface area (Å²) in [5.41, 5.74) is 6.77. The Kier molecular flexibility index (Phi) is 3.85. The predicted octanol–water partition coefficient (Wildman–Crippen LogP) is 2.40. The summed E-state index contributed by atoms with van der Waals surface area (Å²) in [6.07, 6.45) is 2.45. The van der Waals surface area contributed by atoms with Crippen LogP contribution in [0, 0.1) is 5.82 Å². The Morgan fingerprint density at radius 3 is 2.68 bits per heavy atom. The highest BCUT2D eigenvalue weighted by atomic mass is 35.5. The van der Waals surface area contributed by atoms with Crippen molar-refractivity contribution in [2.75, 3.05) is 18.8 Å². The van der Waals surface area contributed by atoms with Crippen LogP contribution in [-0.4, -0.2) is 25.8 Å². The summed E-state index contributed by atoms with van der Waals surface area (Å²) in [6.45, 7) is 2.50. The van der Waals surface area contributed by atoms with Gasteiger partial charge in [-0.3, -0.25) is 0 Å². The normalized spacial score (nSPS) is 17.3. The SMILES string of the molecule is CC1=CCN(S(=O)(=O)c2cc(N)cc(Cl)c2F)CC1. The van der Waals surface area contributed by atoms with E-state index in [1.165, 1.54) is 10.4 Å². The van der Waals surface area contributed by atoms with Crippen LogP contribution in [0.15, 0.2) is 28.7 Å². The van der Waals surface area contributed by atoms with Crippen LogP contribution in [0.25, 0.3) is 0 Å². The van der Waals surface area contributed by atoms with Gasteiger partial charge in [0.1, 0.15) is 4.90 Å². The topological polar surface area (TPSA) is 63.4 Å². The van der Waals surface area contributed by atoms with Crippen LogP contribution in [0.2, 0.25) is 5.02 Å². The number of sulfonamides is 1. The van der Waals surface area contributed by atoms with Gasteiger partial charge in [-0.1, -0.05) is 23.3 Å². The Balaban J connectivity index is 2.46. The van der Waals surface area contributed by atoms with Crippen molar-refractivity contribution in [3.05, 3.63) is 34.6 Å². The Hall–Kier alpha value is -1.11. The van der Waals surface area contributed by atoms with E-state index < -0.39 is 20.7 Å². The van der Waals surface area contributed by atoms with Gasteiger partial charge in [-0.15, -0.1) is 0 Å². The average molecular weight is 305 g/mol. The summed E-state index contributed by atoms with van der Waals surface area (Å²) >= 11 is 5.64. The molecule has 2 rings (SSSR count). The summed E-state index contributed by atoms with van der Waals surface area (Å²) in [7, 11) is -3.91. The molecule has 0 aliphatic carbocycles. The maximum Gasteiger partial charge on any atom is 0.246 e. The van der Waals surface area contributed by atoms with Gasteiger partial charge in [-0.2, -0.15) is 4.31 Å². The van der Waals surface area contributed by atoms with E-state index in [1.807, 2.05) is 13.0 Å². The zero-order valence-electron chi connectivity index (χ0n) is 10.4. The molecule has 0 saturated heterocycles. The first-order valence-electron chi connectivity index (χ1n) is 5.72. The molecule has 104 valence electrons. The lowest BCUT2D eigenvalue weighted by molar-refractivity contribution is 0.427. The fraction of sp³-hybridized carbons (Fsp3) is 0.333. The first-order valence-corrected chi connectivity index (χ1v) is 7.54. The fourth-order valence-corrected chi connectivity index (χ4v) is 3.67. The van der Waals surface area contributed by atoms with Crippen molar-refractivity contribution in [3.8, 4) is 0 Å². The lowest BCUT2D eigenvalue weighted by Gasteiger charge is -2.25. The van der Waals surface area contributed by atoms with Crippen LogP contribution < -0.4 is 5.73 Å². The monoisotopic (exact) mass is 304 g/mol. The Labute approximate surface area is 116 Å². The zero-order chi connectivity index (χ0) is 14.2. The van der Waals surface area contributed by atoms with E-state index in [2.05, 4.69) is 0 Å². The van der Waals surface area contributed by atoms with Crippen LogP contribution in [0.3, 0.4) is 0 Å². The molecule has 0 unspecified atom stereocenters. The van der Waals surface area contributed by atoms with E-state index in [0.29, 0.717) is 13.0 Å². The number of halogens is 2. The Morgan fingerprint density at radius 2 is 2.11 bits per heavy atom. The second-order valence-corrected chi connectivity index (χ2v) is 6.79. The molecule has 0 amide bonds. The van der Waals surface area contributed by atoms with Crippen LogP contribution in [0.5, 0.6) is 0 Å². The Bertz CT molecular complexity index is 643. The molecule has 0 atom stereocenters. The van der Waals surface area contributed by atoms with E-state index in [9.17, 15) is 12.8 Å². The summed E-state index contributed by atoms with van der Waals surface area (Å²) in [4.78, 5) is -0.467.